The van der Waals surface area contributed by atoms with E-state index in [4.69, 9.17) is 4.74 Å². The van der Waals surface area contributed by atoms with Gasteiger partial charge in [-0.05, 0) is 35.0 Å². The molecule has 0 fully saturated rings. The van der Waals surface area contributed by atoms with E-state index in [1.54, 1.807) is 23.1 Å². The van der Waals surface area contributed by atoms with Crippen LogP contribution in [0.3, 0.4) is 0 Å². The molecule has 2 aromatic rings. The van der Waals surface area contributed by atoms with E-state index in [1.807, 2.05) is 26.1 Å². The zero-order valence-electron chi connectivity index (χ0n) is 10.5. The van der Waals surface area contributed by atoms with Crippen molar-refractivity contribution < 1.29 is 9.84 Å². The second-order valence-electron chi connectivity index (χ2n) is 4.06. The van der Waals surface area contributed by atoms with Gasteiger partial charge in [-0.3, -0.25) is 0 Å². The number of aliphatic hydroxyl groups is 1. The predicted molar refractivity (Wildman–Crippen MR) is 75.2 cm³/mol. The maximum Gasteiger partial charge on any atom is 0.217 e. The van der Waals surface area contributed by atoms with E-state index in [0.29, 0.717) is 12.3 Å². The molecule has 2 heterocycles. The zero-order chi connectivity index (χ0) is 13.3. The van der Waals surface area contributed by atoms with Crippen LogP contribution in [0.15, 0.2) is 15.9 Å². The molecule has 0 aliphatic carbocycles. The van der Waals surface area contributed by atoms with E-state index >= 15 is 0 Å². The lowest BCUT2D eigenvalue weighted by Gasteiger charge is -2.11. The van der Waals surface area contributed by atoms with Crippen molar-refractivity contribution in [2.75, 3.05) is 7.11 Å². The van der Waals surface area contributed by atoms with E-state index in [-0.39, 0.29) is 0 Å². The molecule has 0 aliphatic rings. The minimum absolute atomic E-state index is 0.569. The van der Waals surface area contributed by atoms with E-state index in [0.717, 1.165) is 19.9 Å². The lowest BCUT2D eigenvalue weighted by atomic mass is 10.1. The molecule has 0 amide bonds. The van der Waals surface area contributed by atoms with Gasteiger partial charge in [0, 0.05) is 18.3 Å². The maximum atomic E-state index is 10.3. The Morgan fingerprint density at radius 1 is 1.56 bits per heavy atom. The first kappa shape index (κ1) is 13.6. The minimum Gasteiger partial charge on any atom is -0.481 e. The first-order valence-electron chi connectivity index (χ1n) is 5.52. The maximum absolute atomic E-state index is 10.3. The number of halogens is 1. The molecule has 6 heteroatoms. The van der Waals surface area contributed by atoms with Gasteiger partial charge in [0.05, 0.1) is 28.3 Å². The predicted octanol–water partition coefficient (Wildman–Crippen LogP) is 2.84. The summed E-state index contributed by atoms with van der Waals surface area (Å²) in [4.78, 5) is 1.12. The quantitative estimate of drug-likeness (QED) is 0.937. The van der Waals surface area contributed by atoms with Crippen LogP contribution in [0.4, 0.5) is 0 Å². The summed E-state index contributed by atoms with van der Waals surface area (Å²) in [6, 6.07) is 4.00. The Hall–Kier alpha value is -0.850. The van der Waals surface area contributed by atoms with Gasteiger partial charge in [-0.1, -0.05) is 0 Å². The monoisotopic (exact) mass is 330 g/mol. The molecule has 0 aliphatic heterocycles. The summed E-state index contributed by atoms with van der Waals surface area (Å²) in [7, 11) is 3.40. The number of aryl methyl sites for hydroxylation is 2. The molecule has 0 saturated heterocycles. The second kappa shape index (κ2) is 5.42. The number of aromatic nitrogens is 2. The SMILES string of the molecule is COc1c(C(O)Cc2ccc(Br)s2)c(C)nn1C. The van der Waals surface area contributed by atoms with Crippen molar-refractivity contribution in [3.05, 3.63) is 32.1 Å². The van der Waals surface area contributed by atoms with E-state index < -0.39 is 6.10 Å². The summed E-state index contributed by atoms with van der Waals surface area (Å²) >= 11 is 5.05. The van der Waals surface area contributed by atoms with Gasteiger partial charge in [0.25, 0.3) is 0 Å². The number of methoxy groups -OCH3 is 1. The van der Waals surface area contributed by atoms with Gasteiger partial charge in [-0.25, -0.2) is 4.68 Å². The summed E-state index contributed by atoms with van der Waals surface area (Å²) in [5, 5.41) is 14.6. The number of aliphatic hydroxyl groups excluding tert-OH is 1. The standard InChI is InChI=1S/C12H15BrN2O2S/c1-7-11(12(17-3)15(2)14-7)9(16)6-8-4-5-10(13)18-8/h4-5,9,16H,6H2,1-3H3. The summed E-state index contributed by atoms with van der Waals surface area (Å²) in [5.74, 6) is 0.621. The molecule has 0 spiro atoms. The van der Waals surface area contributed by atoms with Gasteiger partial charge in [-0.2, -0.15) is 5.10 Å². The summed E-state index contributed by atoms with van der Waals surface area (Å²) in [6.07, 6.45) is -0.0294. The molecule has 0 bridgehead atoms. The first-order chi connectivity index (χ1) is 8.52. The molecule has 1 N–H and O–H groups in total. The van der Waals surface area contributed by atoms with Gasteiger partial charge in [0.15, 0.2) is 0 Å². The number of hydrogen-bond acceptors (Lipinski definition) is 4. The van der Waals surface area contributed by atoms with Crippen LogP contribution >= 0.6 is 27.3 Å². The highest BCUT2D eigenvalue weighted by atomic mass is 79.9. The van der Waals surface area contributed by atoms with Crippen LogP contribution in [-0.4, -0.2) is 22.0 Å². The summed E-state index contributed by atoms with van der Waals surface area (Å²) in [6.45, 7) is 1.88. The molecule has 0 radical (unpaired) electrons. The Morgan fingerprint density at radius 2 is 2.28 bits per heavy atom. The third-order valence-corrected chi connectivity index (χ3v) is 4.41. The van der Waals surface area contributed by atoms with E-state index in [9.17, 15) is 5.11 Å². The third kappa shape index (κ3) is 2.60. The highest BCUT2D eigenvalue weighted by Gasteiger charge is 2.22. The smallest absolute Gasteiger partial charge is 0.217 e. The molecule has 2 rings (SSSR count). The molecule has 1 atom stereocenters. The largest absolute Gasteiger partial charge is 0.481 e. The van der Waals surface area contributed by atoms with E-state index in [1.165, 1.54) is 0 Å². The van der Waals surface area contributed by atoms with Crippen LogP contribution in [0.5, 0.6) is 5.88 Å². The fourth-order valence-corrected chi connectivity index (χ4v) is 3.55. The highest BCUT2D eigenvalue weighted by molar-refractivity contribution is 9.11. The van der Waals surface area contributed by atoms with Crippen LogP contribution in [-0.2, 0) is 13.5 Å². The zero-order valence-corrected chi connectivity index (χ0v) is 12.9. The van der Waals surface area contributed by atoms with Gasteiger partial charge >= 0.3 is 0 Å². The topological polar surface area (TPSA) is 47.3 Å². The van der Waals surface area contributed by atoms with Crippen LogP contribution in [0.1, 0.15) is 22.2 Å². The molecule has 1 unspecified atom stereocenters. The molecule has 18 heavy (non-hydrogen) atoms. The van der Waals surface area contributed by atoms with Crippen LogP contribution in [0.25, 0.3) is 0 Å². The number of thiophene rings is 1. The summed E-state index contributed by atoms with van der Waals surface area (Å²) in [5.41, 5.74) is 1.57. The average molecular weight is 331 g/mol. The van der Waals surface area contributed by atoms with E-state index in [2.05, 4.69) is 21.0 Å². The Balaban J connectivity index is 2.25. The summed E-state index contributed by atoms with van der Waals surface area (Å²) < 4.78 is 8.02. The van der Waals surface area contributed by atoms with Crippen LogP contribution in [0.2, 0.25) is 0 Å². The van der Waals surface area contributed by atoms with Crippen LogP contribution in [0, 0.1) is 6.92 Å². The van der Waals surface area contributed by atoms with Gasteiger partial charge < -0.3 is 9.84 Å². The van der Waals surface area contributed by atoms with Crippen molar-refractivity contribution >= 4 is 27.3 Å². The van der Waals surface area contributed by atoms with Crippen molar-refractivity contribution in [3.63, 3.8) is 0 Å². The number of nitrogens with zero attached hydrogens (tertiary/aromatic N) is 2. The number of hydrogen-bond donors (Lipinski definition) is 1. The molecular weight excluding hydrogens is 316 g/mol. The number of ether oxygens (including phenoxy) is 1. The lowest BCUT2D eigenvalue weighted by Crippen LogP contribution is -2.04. The molecule has 4 nitrogen and oxygen atoms in total. The molecule has 98 valence electrons. The van der Waals surface area contributed by atoms with Gasteiger partial charge in [0.2, 0.25) is 5.88 Å². The fourth-order valence-electron chi connectivity index (χ4n) is 2.03. The highest BCUT2D eigenvalue weighted by Crippen LogP contribution is 2.32. The molecular formula is C12H15BrN2O2S. The normalized spacial score (nSPS) is 12.7. The molecule has 2 aromatic heterocycles. The van der Waals surface area contributed by atoms with Gasteiger partial charge in [-0.15, -0.1) is 11.3 Å². The molecule has 0 saturated carbocycles. The minimum atomic E-state index is -0.598. The molecule has 0 aromatic carbocycles. The van der Waals surface area contributed by atoms with Crippen molar-refractivity contribution in [2.24, 2.45) is 7.05 Å². The van der Waals surface area contributed by atoms with Crippen molar-refractivity contribution in [1.29, 1.82) is 0 Å². The Bertz CT molecular complexity index is 550. The Kier molecular flexibility index (Phi) is 4.09. The first-order valence-corrected chi connectivity index (χ1v) is 7.13. The van der Waals surface area contributed by atoms with Crippen molar-refractivity contribution in [2.45, 2.75) is 19.4 Å². The third-order valence-electron chi connectivity index (χ3n) is 2.76. The van der Waals surface area contributed by atoms with Crippen molar-refractivity contribution in [1.82, 2.24) is 9.78 Å². The fraction of sp³-hybridized carbons (Fsp3) is 0.417. The Morgan fingerprint density at radius 3 is 2.83 bits per heavy atom. The second-order valence-corrected chi connectivity index (χ2v) is 6.61. The van der Waals surface area contributed by atoms with Crippen LogP contribution < -0.4 is 4.74 Å². The van der Waals surface area contributed by atoms with Crippen molar-refractivity contribution in [3.8, 4) is 5.88 Å². The van der Waals surface area contributed by atoms with Gasteiger partial charge in [0.1, 0.15) is 0 Å². The average Bonchev–Trinajstić information content (AvgIpc) is 2.82. The Labute approximate surface area is 118 Å². The lowest BCUT2D eigenvalue weighted by molar-refractivity contribution is 0.173. The number of rotatable bonds is 4.